The van der Waals surface area contributed by atoms with E-state index in [1.165, 1.54) is 0 Å². The first-order chi connectivity index (χ1) is 14.0. The van der Waals surface area contributed by atoms with Crippen LogP contribution in [0.2, 0.25) is 0 Å². The number of fused-ring (bicyclic) bond motifs is 1. The Balaban J connectivity index is 1.49. The standard InChI is InChI=1S/C22H21BrN2O4/c1-14-7-3-6-10-18(14)29-15(2)22(27)25-24-20(26)13-28-19-12-11-16-8-4-5-9-17(16)21(19)23/h3-12,15H,13H2,1-2H3,(H,24,26)(H,25,27). The molecule has 6 nitrogen and oxygen atoms in total. The van der Waals surface area contributed by atoms with Crippen LogP contribution < -0.4 is 20.3 Å². The number of hydrogen-bond acceptors (Lipinski definition) is 4. The van der Waals surface area contributed by atoms with E-state index in [-0.39, 0.29) is 6.61 Å². The van der Waals surface area contributed by atoms with Crippen LogP contribution >= 0.6 is 15.9 Å². The number of carbonyl (C=O) groups excluding carboxylic acids is 2. The minimum atomic E-state index is -0.771. The van der Waals surface area contributed by atoms with Crippen LogP contribution in [0.3, 0.4) is 0 Å². The summed E-state index contributed by atoms with van der Waals surface area (Å²) >= 11 is 3.51. The minimum absolute atomic E-state index is 0.246. The lowest BCUT2D eigenvalue weighted by Crippen LogP contribution is -2.48. The smallest absolute Gasteiger partial charge is 0.279 e. The van der Waals surface area contributed by atoms with E-state index in [4.69, 9.17) is 9.47 Å². The van der Waals surface area contributed by atoms with E-state index in [0.29, 0.717) is 11.5 Å². The lowest BCUT2D eigenvalue weighted by Gasteiger charge is -2.16. The second-order valence-corrected chi connectivity index (χ2v) is 7.24. The summed E-state index contributed by atoms with van der Waals surface area (Å²) in [4.78, 5) is 24.2. The van der Waals surface area contributed by atoms with Gasteiger partial charge < -0.3 is 9.47 Å². The monoisotopic (exact) mass is 456 g/mol. The van der Waals surface area contributed by atoms with Gasteiger partial charge in [0.2, 0.25) is 0 Å². The molecule has 1 atom stereocenters. The summed E-state index contributed by atoms with van der Waals surface area (Å²) in [5.74, 6) is 0.211. The van der Waals surface area contributed by atoms with Crippen molar-refractivity contribution in [2.75, 3.05) is 6.61 Å². The van der Waals surface area contributed by atoms with Crippen LogP contribution in [-0.2, 0) is 9.59 Å². The number of benzene rings is 3. The fourth-order valence-corrected chi connectivity index (χ4v) is 3.28. The topological polar surface area (TPSA) is 76.7 Å². The minimum Gasteiger partial charge on any atom is -0.483 e. The number of aryl methyl sites for hydroxylation is 1. The molecule has 1 unspecified atom stereocenters. The molecule has 0 spiro atoms. The molecule has 150 valence electrons. The van der Waals surface area contributed by atoms with E-state index in [2.05, 4.69) is 26.8 Å². The SMILES string of the molecule is Cc1ccccc1OC(C)C(=O)NNC(=O)COc1ccc2ccccc2c1Br. The molecule has 7 heteroatoms. The molecule has 2 amide bonds. The van der Waals surface area contributed by atoms with E-state index >= 15 is 0 Å². The Morgan fingerprint density at radius 1 is 0.966 bits per heavy atom. The molecule has 0 heterocycles. The van der Waals surface area contributed by atoms with Crippen molar-refractivity contribution in [1.29, 1.82) is 0 Å². The summed E-state index contributed by atoms with van der Waals surface area (Å²) in [5.41, 5.74) is 5.60. The molecular formula is C22H21BrN2O4. The number of para-hydroxylation sites is 1. The van der Waals surface area contributed by atoms with Crippen LogP contribution in [0.4, 0.5) is 0 Å². The molecule has 3 aromatic rings. The first-order valence-electron chi connectivity index (χ1n) is 9.06. The van der Waals surface area contributed by atoms with Gasteiger partial charge in [0.15, 0.2) is 12.7 Å². The van der Waals surface area contributed by atoms with Crippen LogP contribution in [0.1, 0.15) is 12.5 Å². The molecule has 29 heavy (non-hydrogen) atoms. The summed E-state index contributed by atoms with van der Waals surface area (Å²) in [6.45, 7) is 3.25. The third kappa shape index (κ3) is 5.26. The van der Waals surface area contributed by atoms with E-state index in [1.807, 2.05) is 55.5 Å². The number of halogens is 1. The van der Waals surface area contributed by atoms with Gasteiger partial charge in [0.05, 0.1) is 4.47 Å². The van der Waals surface area contributed by atoms with Crippen LogP contribution in [0.5, 0.6) is 11.5 Å². The first kappa shape index (κ1) is 20.7. The van der Waals surface area contributed by atoms with Crippen molar-refractivity contribution in [1.82, 2.24) is 10.9 Å². The molecule has 0 aliphatic rings. The molecule has 3 rings (SSSR count). The normalized spacial score (nSPS) is 11.6. The van der Waals surface area contributed by atoms with Crippen molar-refractivity contribution in [2.24, 2.45) is 0 Å². The van der Waals surface area contributed by atoms with E-state index < -0.39 is 17.9 Å². The van der Waals surface area contributed by atoms with E-state index in [9.17, 15) is 9.59 Å². The van der Waals surface area contributed by atoms with Gasteiger partial charge >= 0.3 is 0 Å². The molecule has 3 aromatic carbocycles. The quantitative estimate of drug-likeness (QED) is 0.551. The Bertz CT molecular complexity index is 1040. The number of rotatable bonds is 6. The van der Waals surface area contributed by atoms with E-state index in [1.54, 1.807) is 19.1 Å². The molecule has 0 saturated heterocycles. The van der Waals surface area contributed by atoms with Gasteiger partial charge in [-0.2, -0.15) is 0 Å². The summed E-state index contributed by atoms with van der Waals surface area (Å²) in [5, 5.41) is 2.05. The molecule has 0 aliphatic heterocycles. The van der Waals surface area contributed by atoms with Gasteiger partial charge in [-0.05, 0) is 58.2 Å². The molecule has 0 bridgehead atoms. The molecule has 0 aromatic heterocycles. The van der Waals surface area contributed by atoms with Crippen LogP contribution in [0.15, 0.2) is 65.1 Å². The van der Waals surface area contributed by atoms with Gasteiger partial charge in [0, 0.05) is 0 Å². The third-order valence-corrected chi connectivity index (χ3v) is 5.10. The number of hydrogen-bond donors (Lipinski definition) is 2. The fraction of sp³-hybridized carbons (Fsp3) is 0.182. The van der Waals surface area contributed by atoms with Gasteiger partial charge in [0.1, 0.15) is 11.5 Å². The molecule has 2 N–H and O–H groups in total. The highest BCUT2D eigenvalue weighted by Crippen LogP contribution is 2.32. The average molecular weight is 457 g/mol. The number of carbonyl (C=O) groups is 2. The van der Waals surface area contributed by atoms with Crippen molar-refractivity contribution in [2.45, 2.75) is 20.0 Å². The lowest BCUT2D eigenvalue weighted by molar-refractivity contribution is -0.133. The third-order valence-electron chi connectivity index (χ3n) is 4.28. The zero-order valence-corrected chi connectivity index (χ0v) is 17.7. The molecule has 0 radical (unpaired) electrons. The van der Waals surface area contributed by atoms with Crippen molar-refractivity contribution in [3.63, 3.8) is 0 Å². The van der Waals surface area contributed by atoms with Crippen LogP contribution in [-0.4, -0.2) is 24.5 Å². The summed E-state index contributed by atoms with van der Waals surface area (Å²) in [7, 11) is 0. The summed E-state index contributed by atoms with van der Waals surface area (Å²) in [6, 6.07) is 18.9. The van der Waals surface area contributed by atoms with Gasteiger partial charge in [-0.3, -0.25) is 20.4 Å². The highest BCUT2D eigenvalue weighted by molar-refractivity contribution is 9.10. The van der Waals surface area contributed by atoms with Gasteiger partial charge in [0.25, 0.3) is 11.8 Å². The maximum Gasteiger partial charge on any atom is 0.279 e. The highest BCUT2D eigenvalue weighted by Gasteiger charge is 2.16. The number of ether oxygens (including phenoxy) is 2. The Labute approximate surface area is 177 Å². The van der Waals surface area contributed by atoms with Gasteiger partial charge in [-0.25, -0.2) is 0 Å². The Hall–Kier alpha value is -3.06. The molecule has 0 saturated carbocycles. The molecular weight excluding hydrogens is 436 g/mol. The largest absolute Gasteiger partial charge is 0.483 e. The molecule has 0 aliphatic carbocycles. The summed E-state index contributed by atoms with van der Waals surface area (Å²) in [6.07, 6.45) is -0.771. The van der Waals surface area contributed by atoms with Gasteiger partial charge in [-0.1, -0.05) is 48.5 Å². The van der Waals surface area contributed by atoms with Crippen LogP contribution in [0, 0.1) is 6.92 Å². The van der Waals surface area contributed by atoms with E-state index in [0.717, 1.165) is 20.8 Å². The Morgan fingerprint density at radius 3 is 2.48 bits per heavy atom. The lowest BCUT2D eigenvalue weighted by atomic mass is 10.1. The predicted octanol–water partition coefficient (Wildman–Crippen LogP) is 3.90. The van der Waals surface area contributed by atoms with Crippen molar-refractivity contribution >= 4 is 38.5 Å². The van der Waals surface area contributed by atoms with Crippen molar-refractivity contribution in [3.8, 4) is 11.5 Å². The highest BCUT2D eigenvalue weighted by atomic mass is 79.9. The Kier molecular flexibility index (Phi) is 6.72. The Morgan fingerprint density at radius 2 is 1.69 bits per heavy atom. The maximum atomic E-state index is 12.1. The average Bonchev–Trinajstić information content (AvgIpc) is 2.73. The second-order valence-electron chi connectivity index (χ2n) is 6.45. The molecule has 0 fully saturated rings. The predicted molar refractivity (Wildman–Crippen MR) is 115 cm³/mol. The number of nitrogens with one attached hydrogen (secondary N) is 2. The zero-order chi connectivity index (χ0) is 20.8. The van der Waals surface area contributed by atoms with Gasteiger partial charge in [-0.15, -0.1) is 0 Å². The summed E-state index contributed by atoms with van der Waals surface area (Å²) < 4.78 is 12.0. The van der Waals surface area contributed by atoms with Crippen molar-refractivity contribution < 1.29 is 19.1 Å². The zero-order valence-electron chi connectivity index (χ0n) is 16.1. The van der Waals surface area contributed by atoms with Crippen molar-refractivity contribution in [3.05, 3.63) is 70.7 Å². The second kappa shape index (κ2) is 9.43. The number of hydrazine groups is 1. The number of amides is 2. The van der Waals surface area contributed by atoms with Crippen LogP contribution in [0.25, 0.3) is 10.8 Å². The fourth-order valence-electron chi connectivity index (χ4n) is 2.67. The maximum absolute atomic E-state index is 12.1. The first-order valence-corrected chi connectivity index (χ1v) is 9.86.